The van der Waals surface area contributed by atoms with Crippen LogP contribution in [-0.2, 0) is 4.79 Å². The van der Waals surface area contributed by atoms with Crippen molar-refractivity contribution in [2.45, 2.75) is 13.1 Å². The number of aromatic carboxylic acids is 1. The largest absolute Gasteiger partial charge is 0.545 e. The maximum absolute atomic E-state index is 13.7. The van der Waals surface area contributed by atoms with E-state index in [0.717, 1.165) is 12.1 Å². The Morgan fingerprint density at radius 1 is 1.21 bits per heavy atom. The van der Waals surface area contributed by atoms with Crippen LogP contribution < -0.4 is 19.6 Å². The van der Waals surface area contributed by atoms with Crippen LogP contribution in [0.1, 0.15) is 22.8 Å². The molecule has 170 valence electrons. The number of anilines is 1. The van der Waals surface area contributed by atoms with Gasteiger partial charge in [-0.2, -0.15) is 23.3 Å². The van der Waals surface area contributed by atoms with Crippen molar-refractivity contribution in [3.8, 4) is 23.8 Å². The Labute approximate surface area is 186 Å². The number of carbonyl (C=O) groups excluding carboxylic acids is 2. The number of halogens is 3. The smallest absolute Gasteiger partial charge is 0.435 e. The summed E-state index contributed by atoms with van der Waals surface area (Å²) in [5.74, 6) is 0.195. The minimum Gasteiger partial charge on any atom is -0.545 e. The van der Waals surface area contributed by atoms with Crippen molar-refractivity contribution in [2.24, 2.45) is 5.10 Å². The lowest BCUT2D eigenvalue weighted by atomic mass is 10.1. The third-order valence-electron chi connectivity index (χ3n) is 4.36. The van der Waals surface area contributed by atoms with E-state index in [1.54, 1.807) is 6.92 Å². The van der Waals surface area contributed by atoms with Gasteiger partial charge in [0, 0.05) is 0 Å². The van der Waals surface area contributed by atoms with Gasteiger partial charge in [0.05, 0.1) is 23.8 Å². The normalized spacial score (nSPS) is 14.8. The quantitative estimate of drug-likeness (QED) is 0.471. The Morgan fingerprint density at radius 2 is 1.97 bits per heavy atom. The molecule has 0 saturated carbocycles. The van der Waals surface area contributed by atoms with Crippen molar-refractivity contribution < 1.29 is 37.3 Å². The van der Waals surface area contributed by atoms with Crippen LogP contribution in [0, 0.1) is 12.3 Å². The zero-order valence-electron chi connectivity index (χ0n) is 17.2. The van der Waals surface area contributed by atoms with E-state index in [2.05, 4.69) is 11.0 Å². The Morgan fingerprint density at radius 3 is 2.61 bits per heavy atom. The molecule has 10 heteroatoms. The molecule has 0 radical (unpaired) electrons. The average Bonchev–Trinajstić information content (AvgIpc) is 3.10. The summed E-state index contributed by atoms with van der Waals surface area (Å²) in [6.45, 7) is 1.93. The van der Waals surface area contributed by atoms with Crippen LogP contribution in [0.4, 0.5) is 18.9 Å². The fourth-order valence-corrected chi connectivity index (χ4v) is 2.98. The number of carboxylic acids is 1. The van der Waals surface area contributed by atoms with Crippen LogP contribution in [-0.4, -0.2) is 37.0 Å². The summed E-state index contributed by atoms with van der Waals surface area (Å²) in [7, 11) is 0. The number of hydrogen-bond acceptors (Lipinski definition) is 6. The average molecular weight is 457 g/mol. The number of rotatable bonds is 7. The number of nitrogens with zero attached hydrogens (tertiary/aromatic N) is 2. The summed E-state index contributed by atoms with van der Waals surface area (Å²) >= 11 is 0. The summed E-state index contributed by atoms with van der Waals surface area (Å²) in [5.41, 5.74) is -2.39. The standard InChI is InChI=1S/C23H17F3N2O5/c1-3-10-33-18-9-8-14(12-19(18)32-4-2)11-17-20(23(24,25)26)27-28(21(17)29)16-7-5-6-15(13-16)22(30)31/h1,5-9,11-13H,4,10H2,2H3,(H,30,31)/p-1/b17-11-. The minimum absolute atomic E-state index is 0.0379. The third-order valence-corrected chi connectivity index (χ3v) is 4.36. The molecule has 7 nitrogen and oxygen atoms in total. The molecule has 3 rings (SSSR count). The molecule has 0 atom stereocenters. The molecular weight excluding hydrogens is 441 g/mol. The second-order valence-electron chi connectivity index (χ2n) is 6.59. The Kier molecular flexibility index (Phi) is 6.72. The lowest BCUT2D eigenvalue weighted by Gasteiger charge is -2.13. The topological polar surface area (TPSA) is 91.3 Å². The first-order chi connectivity index (χ1) is 15.7. The van der Waals surface area contributed by atoms with Gasteiger partial charge in [0.15, 0.2) is 17.2 Å². The monoisotopic (exact) mass is 457 g/mol. The van der Waals surface area contributed by atoms with Crippen LogP contribution in [0.2, 0.25) is 0 Å². The molecule has 2 aromatic carbocycles. The highest BCUT2D eigenvalue weighted by atomic mass is 19.4. The number of terminal acetylenes is 1. The zero-order valence-corrected chi connectivity index (χ0v) is 17.2. The van der Waals surface area contributed by atoms with Crippen LogP contribution >= 0.6 is 0 Å². The Hall–Kier alpha value is -4.26. The van der Waals surface area contributed by atoms with E-state index >= 15 is 0 Å². The van der Waals surface area contributed by atoms with Crippen molar-refractivity contribution in [3.05, 3.63) is 59.2 Å². The van der Waals surface area contributed by atoms with Gasteiger partial charge < -0.3 is 19.4 Å². The van der Waals surface area contributed by atoms with Crippen molar-refractivity contribution >= 4 is 29.4 Å². The van der Waals surface area contributed by atoms with E-state index in [1.165, 1.54) is 36.4 Å². The number of hydrazone groups is 1. The molecule has 0 saturated heterocycles. The molecule has 0 aromatic heterocycles. The molecule has 1 heterocycles. The first-order valence-corrected chi connectivity index (χ1v) is 9.52. The summed E-state index contributed by atoms with van der Waals surface area (Å²) in [6, 6.07) is 9.00. The minimum atomic E-state index is -4.94. The maximum atomic E-state index is 13.7. The number of amides is 1. The van der Waals surface area contributed by atoms with E-state index < -0.39 is 29.3 Å². The number of carboxylic acid groups (broad SMARTS) is 1. The molecule has 1 amide bonds. The molecule has 0 unspecified atom stereocenters. The SMILES string of the molecule is C#CCOc1ccc(/C=C2\C(=O)N(c3cccc(C(=O)[O-])c3)N=C2C(F)(F)F)cc1OCC. The lowest BCUT2D eigenvalue weighted by Crippen LogP contribution is -2.26. The second kappa shape index (κ2) is 9.48. The van der Waals surface area contributed by atoms with Gasteiger partial charge in [-0.05, 0) is 48.4 Å². The molecule has 0 aliphatic carbocycles. The lowest BCUT2D eigenvalue weighted by molar-refractivity contribution is -0.255. The Bertz CT molecular complexity index is 1200. The molecule has 0 N–H and O–H groups in total. The molecule has 1 aliphatic rings. The molecule has 2 aromatic rings. The van der Waals surface area contributed by atoms with E-state index in [9.17, 15) is 27.9 Å². The second-order valence-corrected chi connectivity index (χ2v) is 6.59. The number of benzene rings is 2. The highest BCUT2D eigenvalue weighted by Gasteiger charge is 2.46. The van der Waals surface area contributed by atoms with Gasteiger partial charge in [-0.1, -0.05) is 24.1 Å². The first-order valence-electron chi connectivity index (χ1n) is 9.52. The summed E-state index contributed by atoms with van der Waals surface area (Å²) in [4.78, 5) is 24.0. The molecule has 33 heavy (non-hydrogen) atoms. The first kappa shape index (κ1) is 23.4. The van der Waals surface area contributed by atoms with Gasteiger partial charge in [0.1, 0.15) is 6.61 Å². The highest BCUT2D eigenvalue weighted by Crippen LogP contribution is 2.34. The Balaban J connectivity index is 2.05. The van der Waals surface area contributed by atoms with E-state index in [0.29, 0.717) is 10.8 Å². The van der Waals surface area contributed by atoms with Crippen LogP contribution in [0.15, 0.2) is 53.1 Å². The zero-order chi connectivity index (χ0) is 24.2. The summed E-state index contributed by atoms with van der Waals surface area (Å²) in [6.07, 6.45) is 1.25. The van der Waals surface area contributed by atoms with Gasteiger partial charge in [-0.3, -0.25) is 4.79 Å². The third kappa shape index (κ3) is 5.15. The molecule has 1 aliphatic heterocycles. The molecule has 0 spiro atoms. The number of hydrogen-bond donors (Lipinski definition) is 0. The van der Waals surface area contributed by atoms with Crippen molar-refractivity contribution in [1.82, 2.24) is 0 Å². The van der Waals surface area contributed by atoms with E-state index in [-0.39, 0.29) is 35.8 Å². The predicted octanol–water partition coefficient (Wildman–Crippen LogP) is 2.81. The fraction of sp³-hybridized carbons (Fsp3) is 0.174. The van der Waals surface area contributed by atoms with E-state index in [1.807, 2.05) is 0 Å². The molecule has 0 bridgehead atoms. The van der Waals surface area contributed by atoms with Crippen molar-refractivity contribution in [2.75, 3.05) is 18.2 Å². The summed E-state index contributed by atoms with van der Waals surface area (Å²) in [5, 5.41) is 15.0. The predicted molar refractivity (Wildman–Crippen MR) is 112 cm³/mol. The highest BCUT2D eigenvalue weighted by molar-refractivity contribution is 6.34. The number of ether oxygens (including phenoxy) is 2. The maximum Gasteiger partial charge on any atom is 0.435 e. The van der Waals surface area contributed by atoms with Crippen LogP contribution in [0.3, 0.4) is 0 Å². The van der Waals surface area contributed by atoms with E-state index in [4.69, 9.17) is 15.9 Å². The number of carbonyl (C=O) groups is 2. The van der Waals surface area contributed by atoms with Crippen molar-refractivity contribution in [1.29, 1.82) is 0 Å². The molecular formula is C23H16F3N2O5-. The van der Waals surface area contributed by atoms with Crippen LogP contribution in [0.25, 0.3) is 6.08 Å². The summed E-state index contributed by atoms with van der Waals surface area (Å²) < 4.78 is 51.8. The number of alkyl halides is 3. The van der Waals surface area contributed by atoms with Gasteiger partial charge in [-0.15, -0.1) is 6.42 Å². The van der Waals surface area contributed by atoms with Gasteiger partial charge in [0.25, 0.3) is 5.91 Å². The van der Waals surface area contributed by atoms with Gasteiger partial charge in [-0.25, -0.2) is 0 Å². The fourth-order valence-electron chi connectivity index (χ4n) is 2.98. The van der Waals surface area contributed by atoms with Crippen LogP contribution in [0.5, 0.6) is 11.5 Å². The van der Waals surface area contributed by atoms with Crippen molar-refractivity contribution in [3.63, 3.8) is 0 Å². The molecule has 0 fully saturated rings. The van der Waals surface area contributed by atoms with Gasteiger partial charge >= 0.3 is 6.18 Å². The van der Waals surface area contributed by atoms with Gasteiger partial charge in [0.2, 0.25) is 0 Å².